The minimum atomic E-state index is 0.593. The monoisotopic (exact) mass is 127 g/mol. The molecule has 0 saturated heterocycles. The van der Waals surface area contributed by atoms with Crippen LogP contribution in [0.25, 0.3) is 0 Å². The van der Waals surface area contributed by atoms with Crippen LogP contribution in [0.4, 0.5) is 0 Å². The Bertz CT molecular complexity index is 86.7. The molecule has 1 heteroatoms. The van der Waals surface area contributed by atoms with Gasteiger partial charge in [0.2, 0.25) is 0 Å². The van der Waals surface area contributed by atoms with Crippen LogP contribution in [0.5, 0.6) is 0 Å². The van der Waals surface area contributed by atoms with Crippen molar-refractivity contribution < 1.29 is 0 Å². The van der Waals surface area contributed by atoms with Crippen molar-refractivity contribution in [3.05, 3.63) is 11.6 Å². The molecule has 0 aliphatic heterocycles. The number of hydrogen-bond donors (Lipinski definition) is 1. The summed E-state index contributed by atoms with van der Waals surface area (Å²) >= 11 is 0. The molecule has 1 unspecified atom stereocenters. The van der Waals surface area contributed by atoms with Gasteiger partial charge in [0.1, 0.15) is 0 Å². The highest BCUT2D eigenvalue weighted by Gasteiger charge is 1.96. The standard InChI is InChI=1S/C8H17N/c1-4-8(6-9)5-7(2)3/h5,8H,4,6,9H2,1-3H3. The van der Waals surface area contributed by atoms with E-state index in [0.717, 1.165) is 13.0 Å². The molecule has 0 heterocycles. The smallest absolute Gasteiger partial charge is 0.00142 e. The molecule has 0 fully saturated rings. The molecule has 0 aromatic heterocycles. The Morgan fingerprint density at radius 3 is 2.22 bits per heavy atom. The van der Waals surface area contributed by atoms with E-state index in [-0.39, 0.29) is 0 Å². The van der Waals surface area contributed by atoms with E-state index in [9.17, 15) is 0 Å². The van der Waals surface area contributed by atoms with Gasteiger partial charge in [-0.2, -0.15) is 0 Å². The second-order valence-corrected chi connectivity index (χ2v) is 2.65. The molecule has 0 aliphatic carbocycles. The first-order valence-corrected chi connectivity index (χ1v) is 3.55. The Hall–Kier alpha value is -0.300. The highest BCUT2D eigenvalue weighted by molar-refractivity contribution is 4.97. The lowest BCUT2D eigenvalue weighted by atomic mass is 10.0. The molecular weight excluding hydrogens is 110 g/mol. The fraction of sp³-hybridized carbons (Fsp3) is 0.750. The van der Waals surface area contributed by atoms with Gasteiger partial charge in [-0.1, -0.05) is 18.6 Å². The maximum Gasteiger partial charge on any atom is -0.00142 e. The third-order valence-corrected chi connectivity index (χ3v) is 1.40. The zero-order chi connectivity index (χ0) is 7.28. The summed E-state index contributed by atoms with van der Waals surface area (Å²) in [5.41, 5.74) is 6.85. The topological polar surface area (TPSA) is 26.0 Å². The first kappa shape index (κ1) is 8.70. The first-order chi connectivity index (χ1) is 4.20. The molecule has 0 spiro atoms. The predicted molar refractivity (Wildman–Crippen MR) is 42.3 cm³/mol. The van der Waals surface area contributed by atoms with Crippen molar-refractivity contribution in [2.75, 3.05) is 6.54 Å². The van der Waals surface area contributed by atoms with E-state index in [1.165, 1.54) is 5.57 Å². The normalized spacial score (nSPS) is 12.9. The van der Waals surface area contributed by atoms with Gasteiger partial charge in [-0.3, -0.25) is 0 Å². The molecule has 9 heavy (non-hydrogen) atoms. The zero-order valence-electron chi connectivity index (χ0n) is 6.65. The summed E-state index contributed by atoms with van der Waals surface area (Å²) in [6.45, 7) is 7.16. The molecule has 0 amide bonds. The fourth-order valence-corrected chi connectivity index (χ4v) is 0.824. The lowest BCUT2D eigenvalue weighted by Gasteiger charge is -2.05. The third kappa shape index (κ3) is 4.22. The van der Waals surface area contributed by atoms with Crippen LogP contribution in [0.3, 0.4) is 0 Å². The summed E-state index contributed by atoms with van der Waals surface area (Å²) in [5, 5.41) is 0. The Kier molecular flexibility index (Phi) is 4.41. The van der Waals surface area contributed by atoms with Crippen molar-refractivity contribution in [2.45, 2.75) is 27.2 Å². The predicted octanol–water partition coefficient (Wildman–Crippen LogP) is 1.94. The van der Waals surface area contributed by atoms with E-state index in [2.05, 4.69) is 26.8 Å². The SMILES string of the molecule is CCC(C=C(C)C)CN. The summed E-state index contributed by atoms with van der Waals surface area (Å²) in [7, 11) is 0. The lowest BCUT2D eigenvalue weighted by molar-refractivity contribution is 0.635. The van der Waals surface area contributed by atoms with Gasteiger partial charge in [0, 0.05) is 0 Å². The minimum absolute atomic E-state index is 0.593. The molecule has 0 rings (SSSR count). The summed E-state index contributed by atoms with van der Waals surface area (Å²) in [6.07, 6.45) is 3.39. The van der Waals surface area contributed by atoms with Gasteiger partial charge < -0.3 is 5.73 Å². The molecule has 0 radical (unpaired) electrons. The average Bonchev–Trinajstić information content (AvgIpc) is 1.82. The quantitative estimate of drug-likeness (QED) is 0.576. The van der Waals surface area contributed by atoms with Crippen LogP contribution in [0, 0.1) is 5.92 Å². The minimum Gasteiger partial charge on any atom is -0.330 e. The Balaban J connectivity index is 3.68. The van der Waals surface area contributed by atoms with Crippen LogP contribution < -0.4 is 5.73 Å². The van der Waals surface area contributed by atoms with Crippen LogP contribution in [0.1, 0.15) is 27.2 Å². The van der Waals surface area contributed by atoms with E-state index in [0.29, 0.717) is 5.92 Å². The zero-order valence-corrected chi connectivity index (χ0v) is 6.65. The van der Waals surface area contributed by atoms with Crippen molar-refractivity contribution >= 4 is 0 Å². The van der Waals surface area contributed by atoms with Gasteiger partial charge >= 0.3 is 0 Å². The van der Waals surface area contributed by atoms with E-state index in [1.54, 1.807) is 0 Å². The Morgan fingerprint density at radius 2 is 2.11 bits per heavy atom. The Labute approximate surface area is 57.9 Å². The Morgan fingerprint density at radius 1 is 1.56 bits per heavy atom. The molecule has 2 N–H and O–H groups in total. The molecule has 0 aromatic rings. The number of allylic oxidation sites excluding steroid dienone is 1. The molecule has 1 atom stereocenters. The van der Waals surface area contributed by atoms with Gasteiger partial charge in [-0.05, 0) is 32.7 Å². The average molecular weight is 127 g/mol. The van der Waals surface area contributed by atoms with E-state index in [1.807, 2.05) is 0 Å². The van der Waals surface area contributed by atoms with Crippen molar-refractivity contribution in [1.82, 2.24) is 0 Å². The van der Waals surface area contributed by atoms with Gasteiger partial charge in [0.15, 0.2) is 0 Å². The van der Waals surface area contributed by atoms with Crippen LogP contribution >= 0.6 is 0 Å². The first-order valence-electron chi connectivity index (χ1n) is 3.55. The van der Waals surface area contributed by atoms with Crippen LogP contribution in [0.2, 0.25) is 0 Å². The van der Waals surface area contributed by atoms with Crippen molar-refractivity contribution in [3.8, 4) is 0 Å². The maximum atomic E-state index is 5.49. The van der Waals surface area contributed by atoms with Crippen LogP contribution in [0.15, 0.2) is 11.6 Å². The molecule has 0 aliphatic rings. The van der Waals surface area contributed by atoms with Crippen molar-refractivity contribution in [2.24, 2.45) is 11.7 Å². The maximum absolute atomic E-state index is 5.49. The summed E-state index contributed by atoms with van der Waals surface area (Å²) in [4.78, 5) is 0. The summed E-state index contributed by atoms with van der Waals surface area (Å²) in [5.74, 6) is 0.593. The van der Waals surface area contributed by atoms with Gasteiger partial charge in [0.25, 0.3) is 0 Å². The van der Waals surface area contributed by atoms with E-state index in [4.69, 9.17) is 5.73 Å². The fourth-order valence-electron chi connectivity index (χ4n) is 0.824. The lowest BCUT2D eigenvalue weighted by Crippen LogP contribution is -2.10. The molecular formula is C8H17N. The van der Waals surface area contributed by atoms with E-state index < -0.39 is 0 Å². The number of rotatable bonds is 3. The van der Waals surface area contributed by atoms with Crippen molar-refractivity contribution in [1.29, 1.82) is 0 Å². The highest BCUT2D eigenvalue weighted by atomic mass is 14.5. The second kappa shape index (κ2) is 4.57. The summed E-state index contributed by atoms with van der Waals surface area (Å²) in [6, 6.07) is 0. The van der Waals surface area contributed by atoms with Crippen LogP contribution in [-0.2, 0) is 0 Å². The van der Waals surface area contributed by atoms with Crippen molar-refractivity contribution in [3.63, 3.8) is 0 Å². The number of hydrogen-bond acceptors (Lipinski definition) is 1. The second-order valence-electron chi connectivity index (χ2n) is 2.65. The van der Waals surface area contributed by atoms with Gasteiger partial charge in [0.05, 0.1) is 0 Å². The number of nitrogens with two attached hydrogens (primary N) is 1. The van der Waals surface area contributed by atoms with Gasteiger partial charge in [-0.15, -0.1) is 0 Å². The highest BCUT2D eigenvalue weighted by Crippen LogP contribution is 2.04. The molecule has 0 aromatic carbocycles. The third-order valence-electron chi connectivity index (χ3n) is 1.40. The van der Waals surface area contributed by atoms with E-state index >= 15 is 0 Å². The van der Waals surface area contributed by atoms with Gasteiger partial charge in [-0.25, -0.2) is 0 Å². The van der Waals surface area contributed by atoms with Crippen LogP contribution in [-0.4, -0.2) is 6.54 Å². The largest absolute Gasteiger partial charge is 0.330 e. The molecule has 0 saturated carbocycles. The summed E-state index contributed by atoms with van der Waals surface area (Å²) < 4.78 is 0. The molecule has 0 bridgehead atoms. The molecule has 54 valence electrons. The molecule has 1 nitrogen and oxygen atoms in total.